The maximum atomic E-state index is 11.9. The minimum atomic E-state index is -0.108. The van der Waals surface area contributed by atoms with Crippen LogP contribution in [0.2, 0.25) is 0 Å². The van der Waals surface area contributed by atoms with Gasteiger partial charge in [-0.2, -0.15) is 0 Å². The van der Waals surface area contributed by atoms with Gasteiger partial charge in [0.2, 0.25) is 0 Å². The average Bonchev–Trinajstić information content (AvgIpc) is 2.80. The maximum Gasteiger partial charge on any atom is 0.308 e. The molecular formula is C24H47ClO7. The van der Waals surface area contributed by atoms with Gasteiger partial charge in [0.15, 0.2) is 0 Å². The first kappa shape index (κ1) is 31.6. The second kappa shape index (κ2) is 26.8. The normalized spacial score (nSPS) is 12.2. The fraction of sp³-hybridized carbons (Fsp3) is 0.958. The van der Waals surface area contributed by atoms with Gasteiger partial charge in [0.25, 0.3) is 0 Å². The summed E-state index contributed by atoms with van der Waals surface area (Å²) in [4.78, 5) is 11.9. The summed E-state index contributed by atoms with van der Waals surface area (Å²) < 4.78 is 32.6. The first-order valence-corrected chi connectivity index (χ1v) is 12.9. The van der Waals surface area contributed by atoms with E-state index in [9.17, 15) is 4.79 Å². The van der Waals surface area contributed by atoms with Crippen LogP contribution in [0.4, 0.5) is 0 Å². The van der Waals surface area contributed by atoms with Crippen molar-refractivity contribution in [2.75, 3.05) is 78.6 Å². The molecule has 0 radical (unpaired) electrons. The largest absolute Gasteiger partial charge is 0.463 e. The Balaban J connectivity index is 3.20. The van der Waals surface area contributed by atoms with Crippen LogP contribution in [0.1, 0.15) is 65.2 Å². The summed E-state index contributed by atoms with van der Waals surface area (Å²) in [5.41, 5.74) is 0. The topological polar surface area (TPSA) is 72.5 Å². The van der Waals surface area contributed by atoms with Gasteiger partial charge in [-0.1, -0.05) is 39.5 Å². The Kier molecular flexibility index (Phi) is 26.4. The molecule has 1 unspecified atom stereocenters. The van der Waals surface area contributed by atoms with Crippen LogP contribution in [0, 0.1) is 5.92 Å². The smallest absolute Gasteiger partial charge is 0.308 e. The molecule has 0 aliphatic rings. The predicted octanol–water partition coefficient (Wildman–Crippen LogP) is 4.63. The summed E-state index contributed by atoms with van der Waals surface area (Å²) in [6.07, 6.45) is 8.39. The van der Waals surface area contributed by atoms with Gasteiger partial charge in [-0.25, -0.2) is 0 Å². The highest BCUT2D eigenvalue weighted by atomic mass is 35.5. The van der Waals surface area contributed by atoms with Crippen molar-refractivity contribution < 1.29 is 33.2 Å². The lowest BCUT2D eigenvalue weighted by atomic mass is 10.00. The van der Waals surface area contributed by atoms with E-state index < -0.39 is 0 Å². The molecule has 0 bridgehead atoms. The van der Waals surface area contributed by atoms with Gasteiger partial charge in [0.05, 0.1) is 65.4 Å². The van der Waals surface area contributed by atoms with E-state index >= 15 is 0 Å². The molecule has 0 aliphatic carbocycles. The van der Waals surface area contributed by atoms with Crippen LogP contribution in [0.5, 0.6) is 0 Å². The number of carbonyl (C=O) groups is 1. The second-order valence-corrected chi connectivity index (χ2v) is 7.96. The van der Waals surface area contributed by atoms with Gasteiger partial charge < -0.3 is 28.4 Å². The lowest BCUT2D eigenvalue weighted by molar-refractivity contribution is -0.150. The lowest BCUT2D eigenvalue weighted by Gasteiger charge is -2.13. The van der Waals surface area contributed by atoms with Crippen LogP contribution in [0.25, 0.3) is 0 Å². The van der Waals surface area contributed by atoms with Gasteiger partial charge >= 0.3 is 5.97 Å². The van der Waals surface area contributed by atoms with E-state index in [4.69, 9.17) is 40.0 Å². The fourth-order valence-electron chi connectivity index (χ4n) is 2.89. The highest BCUT2D eigenvalue weighted by Crippen LogP contribution is 2.14. The van der Waals surface area contributed by atoms with E-state index in [1.807, 2.05) is 6.92 Å². The molecule has 0 saturated carbocycles. The van der Waals surface area contributed by atoms with Crippen LogP contribution >= 0.6 is 11.6 Å². The third-order valence-corrected chi connectivity index (χ3v) is 5.13. The Morgan fingerprint density at radius 1 is 0.625 bits per heavy atom. The molecule has 8 heteroatoms. The van der Waals surface area contributed by atoms with Crippen LogP contribution in [-0.2, 0) is 33.2 Å². The highest BCUT2D eigenvalue weighted by molar-refractivity contribution is 6.17. The molecule has 192 valence electrons. The van der Waals surface area contributed by atoms with E-state index in [1.165, 1.54) is 12.8 Å². The van der Waals surface area contributed by atoms with Crippen molar-refractivity contribution in [3.63, 3.8) is 0 Å². The van der Waals surface area contributed by atoms with E-state index in [1.54, 1.807) is 0 Å². The van der Waals surface area contributed by atoms with E-state index in [0.717, 1.165) is 51.0 Å². The summed E-state index contributed by atoms with van der Waals surface area (Å²) in [6.45, 7) is 9.93. The van der Waals surface area contributed by atoms with Crippen molar-refractivity contribution in [1.82, 2.24) is 0 Å². The fourth-order valence-corrected chi connectivity index (χ4v) is 3.08. The summed E-state index contributed by atoms with van der Waals surface area (Å²) >= 11 is 5.63. The van der Waals surface area contributed by atoms with Crippen molar-refractivity contribution in [3.05, 3.63) is 0 Å². The number of ether oxygens (including phenoxy) is 6. The Morgan fingerprint density at radius 2 is 1.09 bits per heavy atom. The van der Waals surface area contributed by atoms with Gasteiger partial charge in [-0.15, -0.1) is 11.6 Å². The van der Waals surface area contributed by atoms with E-state index in [0.29, 0.717) is 66.1 Å². The minimum Gasteiger partial charge on any atom is -0.463 e. The van der Waals surface area contributed by atoms with Crippen molar-refractivity contribution in [3.8, 4) is 0 Å². The third-order valence-electron chi connectivity index (χ3n) is 4.86. The number of esters is 1. The average molecular weight is 483 g/mol. The number of rotatable bonds is 26. The van der Waals surface area contributed by atoms with E-state index in [-0.39, 0.29) is 11.9 Å². The number of alkyl halides is 1. The first-order chi connectivity index (χ1) is 15.8. The predicted molar refractivity (Wildman–Crippen MR) is 128 cm³/mol. The minimum absolute atomic E-state index is 0.0125. The highest BCUT2D eigenvalue weighted by Gasteiger charge is 2.16. The second-order valence-electron chi connectivity index (χ2n) is 7.58. The molecule has 7 nitrogen and oxygen atoms in total. The Bertz CT molecular complexity index is 385. The van der Waals surface area contributed by atoms with Gasteiger partial charge in [0.1, 0.15) is 6.61 Å². The molecule has 0 fully saturated rings. The van der Waals surface area contributed by atoms with Crippen LogP contribution in [0.15, 0.2) is 0 Å². The van der Waals surface area contributed by atoms with Crippen LogP contribution in [0.3, 0.4) is 0 Å². The molecule has 0 aromatic carbocycles. The quantitative estimate of drug-likeness (QED) is 0.101. The summed E-state index contributed by atoms with van der Waals surface area (Å²) in [7, 11) is 0. The SMILES string of the molecule is CCCCC(CC)C(=O)OCCOCCOCCOCCOCCOCCCCCCCl. The first-order valence-electron chi connectivity index (χ1n) is 12.4. The lowest BCUT2D eigenvalue weighted by Crippen LogP contribution is -2.20. The number of halogens is 1. The van der Waals surface area contributed by atoms with E-state index in [2.05, 4.69) is 6.92 Å². The van der Waals surface area contributed by atoms with Crippen molar-refractivity contribution in [2.45, 2.75) is 65.2 Å². The summed E-state index contributed by atoms with van der Waals surface area (Å²) in [5, 5.41) is 0. The molecule has 0 heterocycles. The molecule has 0 spiro atoms. The Hall–Kier alpha value is -0.440. The number of carbonyl (C=O) groups excluding carboxylic acids is 1. The Labute approximate surface area is 200 Å². The molecule has 0 N–H and O–H groups in total. The number of unbranched alkanes of at least 4 members (excludes halogenated alkanes) is 4. The van der Waals surface area contributed by atoms with Crippen molar-refractivity contribution in [1.29, 1.82) is 0 Å². The van der Waals surface area contributed by atoms with Gasteiger partial charge in [-0.3, -0.25) is 4.79 Å². The summed E-state index contributed by atoms with van der Waals surface area (Å²) in [5.74, 6) is 0.651. The zero-order valence-electron chi connectivity index (χ0n) is 20.5. The monoisotopic (exact) mass is 482 g/mol. The molecule has 0 aromatic rings. The number of hydrogen-bond donors (Lipinski definition) is 0. The standard InChI is InChI=1S/C24H47ClO7/c1-3-5-10-23(4-2)24(26)32-22-21-31-20-19-30-18-17-29-16-15-28-14-13-27-12-9-7-6-8-11-25/h23H,3-22H2,1-2H3. The molecule has 0 amide bonds. The zero-order valence-corrected chi connectivity index (χ0v) is 21.2. The zero-order chi connectivity index (χ0) is 23.5. The summed E-state index contributed by atoms with van der Waals surface area (Å²) in [6, 6.07) is 0. The molecular weight excluding hydrogens is 436 g/mol. The molecule has 1 atom stereocenters. The third kappa shape index (κ3) is 22.7. The molecule has 0 saturated heterocycles. The number of hydrogen-bond acceptors (Lipinski definition) is 7. The molecule has 32 heavy (non-hydrogen) atoms. The van der Waals surface area contributed by atoms with Crippen LogP contribution < -0.4 is 0 Å². The molecule has 0 rings (SSSR count). The Morgan fingerprint density at radius 3 is 1.56 bits per heavy atom. The van der Waals surface area contributed by atoms with Crippen molar-refractivity contribution in [2.24, 2.45) is 5.92 Å². The van der Waals surface area contributed by atoms with Crippen LogP contribution in [-0.4, -0.2) is 84.5 Å². The maximum absolute atomic E-state index is 11.9. The van der Waals surface area contributed by atoms with Gasteiger partial charge in [-0.05, 0) is 25.7 Å². The van der Waals surface area contributed by atoms with Crippen molar-refractivity contribution >= 4 is 17.6 Å². The molecule has 0 aliphatic heterocycles. The molecule has 0 aromatic heterocycles. The van der Waals surface area contributed by atoms with Gasteiger partial charge in [0, 0.05) is 12.5 Å².